The zero-order chi connectivity index (χ0) is 15.5. The predicted octanol–water partition coefficient (Wildman–Crippen LogP) is 2.72. The van der Waals surface area contributed by atoms with Gasteiger partial charge in [-0.3, -0.25) is 0 Å². The van der Waals surface area contributed by atoms with E-state index in [4.69, 9.17) is 22.1 Å². The molecule has 1 heterocycles. The molecule has 21 heavy (non-hydrogen) atoms. The van der Waals surface area contributed by atoms with Crippen LogP contribution in [0, 0.1) is 0 Å². The van der Waals surface area contributed by atoms with Crippen LogP contribution in [-0.2, 0) is 30.7 Å². The molecule has 0 bridgehead atoms. The monoisotopic (exact) mass is 328 g/mol. The first-order valence-electron chi connectivity index (χ1n) is 7.04. The number of aryl methyl sites for hydroxylation is 1. The molecule has 0 saturated heterocycles. The zero-order valence-corrected chi connectivity index (χ0v) is 15.4. The summed E-state index contributed by atoms with van der Waals surface area (Å²) in [6.45, 7) is 4.74. The highest BCUT2D eigenvalue weighted by Crippen LogP contribution is 2.30. The Morgan fingerprint density at radius 1 is 1.14 bits per heavy atom. The van der Waals surface area contributed by atoms with Gasteiger partial charge in [-0.1, -0.05) is 6.07 Å². The van der Waals surface area contributed by atoms with Crippen molar-refractivity contribution in [1.82, 2.24) is 0 Å². The van der Waals surface area contributed by atoms with E-state index in [9.17, 15) is 0 Å². The summed E-state index contributed by atoms with van der Waals surface area (Å²) in [6, 6.07) is 7.02. The summed E-state index contributed by atoms with van der Waals surface area (Å²) in [5, 5.41) is 0. The number of benzene rings is 1. The molecule has 118 valence electrons. The van der Waals surface area contributed by atoms with Crippen molar-refractivity contribution in [2.24, 2.45) is 0 Å². The van der Waals surface area contributed by atoms with Crippen LogP contribution in [0.25, 0.3) is 0 Å². The third-order valence-corrected chi connectivity index (χ3v) is 7.99. The Labute approximate surface area is 128 Å². The maximum atomic E-state index is 5.93. The molecule has 5 nitrogen and oxygen atoms in total. The highest BCUT2D eigenvalue weighted by Gasteiger charge is 2.37. The fraction of sp³-hybridized carbons (Fsp3) is 0.571. The Hall–Kier alpha value is -0.706. The Kier molecular flexibility index (Phi) is 5.23. The number of hydrogen-bond acceptors (Lipinski definition) is 5. The van der Waals surface area contributed by atoms with Crippen molar-refractivity contribution < 1.29 is 22.1 Å². The third kappa shape index (κ3) is 3.93. The number of rotatable bonds is 6. The third-order valence-electron chi connectivity index (χ3n) is 3.71. The molecule has 2 rings (SSSR count). The molecule has 0 fully saturated rings. The Morgan fingerprint density at radius 2 is 1.81 bits per heavy atom. The Bertz CT molecular complexity index is 480. The Balaban J connectivity index is 2.06. The van der Waals surface area contributed by atoms with E-state index in [2.05, 4.69) is 25.2 Å². The van der Waals surface area contributed by atoms with Crippen molar-refractivity contribution in [2.45, 2.75) is 32.2 Å². The van der Waals surface area contributed by atoms with Crippen molar-refractivity contribution in [1.29, 1.82) is 0 Å². The van der Waals surface area contributed by atoms with E-state index in [0.717, 1.165) is 23.8 Å². The summed E-state index contributed by atoms with van der Waals surface area (Å²) in [6.07, 6.45) is 0.843. The lowest BCUT2D eigenvalue weighted by Gasteiger charge is -2.31. The highest BCUT2D eigenvalue weighted by molar-refractivity contribution is 6.65. The van der Waals surface area contributed by atoms with E-state index in [1.165, 1.54) is 5.56 Å². The quantitative estimate of drug-likeness (QED) is 0.751. The molecule has 1 aromatic carbocycles. The maximum absolute atomic E-state index is 5.93. The van der Waals surface area contributed by atoms with Crippen LogP contribution in [0.1, 0.15) is 11.1 Å². The van der Waals surface area contributed by atoms with E-state index in [1.807, 2.05) is 6.07 Å². The predicted molar refractivity (Wildman–Crippen MR) is 84.6 cm³/mol. The standard InChI is InChI=1S/C14H24O5Si2/c1-15-21(16-2,17-3)9-8-12-6-7-14-13(10-12)11-18-20(4,5)19-14/h6-7,10H,8-9,11H2,1-5H3. The van der Waals surface area contributed by atoms with Gasteiger partial charge in [-0.25, -0.2) is 0 Å². The summed E-state index contributed by atoms with van der Waals surface area (Å²) in [5.74, 6) is 0.954. The van der Waals surface area contributed by atoms with Gasteiger partial charge in [-0.05, 0) is 37.2 Å². The number of fused-ring (bicyclic) bond motifs is 1. The average molecular weight is 329 g/mol. The molecule has 1 aromatic rings. The minimum Gasteiger partial charge on any atom is -0.520 e. The summed E-state index contributed by atoms with van der Waals surface area (Å²) in [5.41, 5.74) is 2.32. The van der Waals surface area contributed by atoms with Crippen molar-refractivity contribution in [3.05, 3.63) is 29.3 Å². The van der Waals surface area contributed by atoms with Crippen molar-refractivity contribution in [2.75, 3.05) is 21.3 Å². The van der Waals surface area contributed by atoms with Gasteiger partial charge in [0.25, 0.3) is 0 Å². The molecule has 0 amide bonds. The van der Waals surface area contributed by atoms with E-state index in [-0.39, 0.29) is 0 Å². The van der Waals surface area contributed by atoms with Crippen LogP contribution in [0.2, 0.25) is 19.1 Å². The van der Waals surface area contributed by atoms with Gasteiger partial charge in [-0.15, -0.1) is 0 Å². The van der Waals surface area contributed by atoms with Crippen molar-refractivity contribution >= 4 is 17.4 Å². The van der Waals surface area contributed by atoms with Crippen LogP contribution in [0.15, 0.2) is 18.2 Å². The molecular weight excluding hydrogens is 304 g/mol. The van der Waals surface area contributed by atoms with Gasteiger partial charge in [0.15, 0.2) is 0 Å². The van der Waals surface area contributed by atoms with E-state index >= 15 is 0 Å². The Morgan fingerprint density at radius 3 is 2.43 bits per heavy atom. The molecule has 0 aliphatic carbocycles. The van der Waals surface area contributed by atoms with Crippen LogP contribution in [0.4, 0.5) is 0 Å². The normalized spacial score (nSPS) is 17.2. The highest BCUT2D eigenvalue weighted by atomic mass is 28.4. The summed E-state index contributed by atoms with van der Waals surface area (Å²) >= 11 is 0. The fourth-order valence-electron chi connectivity index (χ4n) is 2.40. The summed E-state index contributed by atoms with van der Waals surface area (Å²) in [7, 11) is 0.426. The lowest BCUT2D eigenvalue weighted by atomic mass is 10.1. The van der Waals surface area contributed by atoms with Gasteiger partial charge < -0.3 is 22.1 Å². The van der Waals surface area contributed by atoms with Gasteiger partial charge >= 0.3 is 17.4 Å². The first-order chi connectivity index (χ1) is 9.93. The summed E-state index contributed by atoms with van der Waals surface area (Å²) < 4.78 is 28.1. The average Bonchev–Trinajstić information content (AvgIpc) is 2.48. The van der Waals surface area contributed by atoms with Gasteiger partial charge in [0.2, 0.25) is 0 Å². The number of hydrogen-bond donors (Lipinski definition) is 0. The van der Waals surface area contributed by atoms with Gasteiger partial charge in [0, 0.05) is 32.9 Å². The molecule has 0 spiro atoms. The second-order valence-electron chi connectivity index (χ2n) is 5.53. The van der Waals surface area contributed by atoms with E-state index in [0.29, 0.717) is 6.61 Å². The molecule has 0 N–H and O–H groups in total. The van der Waals surface area contributed by atoms with Crippen molar-refractivity contribution in [3.8, 4) is 5.75 Å². The molecule has 0 aromatic heterocycles. The SMILES string of the molecule is CO[Si](CCc1ccc2c(c1)CO[Si](C)(C)O2)(OC)OC. The van der Waals surface area contributed by atoms with Crippen molar-refractivity contribution in [3.63, 3.8) is 0 Å². The van der Waals surface area contributed by atoms with Crippen LogP contribution in [0.3, 0.4) is 0 Å². The summed E-state index contributed by atoms with van der Waals surface area (Å²) in [4.78, 5) is 0. The molecule has 1 aliphatic heterocycles. The van der Waals surface area contributed by atoms with Crippen LogP contribution >= 0.6 is 0 Å². The molecule has 0 radical (unpaired) electrons. The van der Waals surface area contributed by atoms with E-state index in [1.54, 1.807) is 21.3 Å². The van der Waals surface area contributed by atoms with Gasteiger partial charge in [0.05, 0.1) is 6.61 Å². The molecule has 0 saturated carbocycles. The first kappa shape index (κ1) is 16.7. The molecule has 0 unspecified atom stereocenters. The molecule has 0 atom stereocenters. The van der Waals surface area contributed by atoms with Crippen LogP contribution in [-0.4, -0.2) is 38.7 Å². The minimum absolute atomic E-state index is 0.629. The lowest BCUT2D eigenvalue weighted by Crippen LogP contribution is -2.43. The first-order valence-corrected chi connectivity index (χ1v) is 11.8. The fourth-order valence-corrected chi connectivity index (χ4v) is 5.40. The smallest absolute Gasteiger partial charge is 0.500 e. The van der Waals surface area contributed by atoms with Gasteiger partial charge in [-0.2, -0.15) is 0 Å². The molecular formula is C14H24O5Si2. The second-order valence-corrected chi connectivity index (χ2v) is 11.9. The lowest BCUT2D eigenvalue weighted by molar-refractivity contribution is 0.123. The zero-order valence-electron chi connectivity index (χ0n) is 13.4. The topological polar surface area (TPSA) is 46.2 Å². The second kappa shape index (κ2) is 6.59. The van der Waals surface area contributed by atoms with E-state index < -0.39 is 17.4 Å². The minimum atomic E-state index is -2.51. The van der Waals surface area contributed by atoms with Crippen LogP contribution in [0.5, 0.6) is 5.75 Å². The maximum Gasteiger partial charge on any atom is 0.500 e. The van der Waals surface area contributed by atoms with Gasteiger partial charge in [0.1, 0.15) is 5.75 Å². The molecule has 1 aliphatic rings. The largest absolute Gasteiger partial charge is 0.520 e. The van der Waals surface area contributed by atoms with Crippen LogP contribution < -0.4 is 4.43 Å². The molecule has 7 heteroatoms.